The molecular formula is C13H21IN4O. The van der Waals surface area contributed by atoms with Crippen LogP contribution < -0.4 is 5.73 Å². The summed E-state index contributed by atoms with van der Waals surface area (Å²) >= 11 is 2.21. The highest BCUT2D eigenvalue weighted by atomic mass is 127. The Morgan fingerprint density at radius 2 is 2.21 bits per heavy atom. The zero-order valence-electron chi connectivity index (χ0n) is 11.7. The van der Waals surface area contributed by atoms with Gasteiger partial charge in [-0.05, 0) is 42.9 Å². The lowest BCUT2D eigenvalue weighted by molar-refractivity contribution is -0.0443. The van der Waals surface area contributed by atoms with Crippen LogP contribution in [0.15, 0.2) is 0 Å². The molecule has 0 spiro atoms. The first-order chi connectivity index (χ1) is 9.02. The number of aryl methyl sites for hydroxylation is 1. The van der Waals surface area contributed by atoms with E-state index in [1.54, 1.807) is 0 Å². The summed E-state index contributed by atoms with van der Waals surface area (Å²) in [5.74, 6) is 1.29. The molecule has 1 atom stereocenters. The Morgan fingerprint density at radius 3 is 2.84 bits per heavy atom. The fourth-order valence-electron chi connectivity index (χ4n) is 2.21. The third kappa shape index (κ3) is 3.35. The summed E-state index contributed by atoms with van der Waals surface area (Å²) in [5, 5.41) is 0. The molecule has 2 rings (SSSR count). The lowest BCUT2D eigenvalue weighted by atomic mass is 10.2. The van der Waals surface area contributed by atoms with Crippen molar-refractivity contribution in [2.24, 2.45) is 0 Å². The summed E-state index contributed by atoms with van der Waals surface area (Å²) < 4.78 is 6.77. The second kappa shape index (κ2) is 6.32. The zero-order valence-corrected chi connectivity index (χ0v) is 13.8. The Kier molecular flexibility index (Phi) is 4.97. The first-order valence-electron chi connectivity index (χ1n) is 6.70. The van der Waals surface area contributed by atoms with Crippen LogP contribution in [0.4, 0.5) is 5.82 Å². The van der Waals surface area contributed by atoms with Crippen LogP contribution in [0.2, 0.25) is 0 Å². The van der Waals surface area contributed by atoms with Gasteiger partial charge in [0.2, 0.25) is 0 Å². The molecule has 0 radical (unpaired) electrons. The number of nitrogens with zero attached hydrogens (tertiary/aromatic N) is 3. The van der Waals surface area contributed by atoms with Crippen molar-refractivity contribution in [3.05, 3.63) is 15.1 Å². The van der Waals surface area contributed by atoms with Gasteiger partial charge in [0.05, 0.1) is 15.9 Å². The van der Waals surface area contributed by atoms with Crippen LogP contribution in [-0.4, -0.2) is 40.6 Å². The fraction of sp³-hybridized carbons (Fsp3) is 0.692. The molecular weight excluding hydrogens is 355 g/mol. The quantitative estimate of drug-likeness (QED) is 0.818. The second-order valence-corrected chi connectivity index (χ2v) is 6.11. The van der Waals surface area contributed by atoms with Crippen LogP contribution >= 0.6 is 22.6 Å². The molecule has 6 heteroatoms. The number of hydrogen-bond donors (Lipinski definition) is 1. The van der Waals surface area contributed by atoms with E-state index in [1.807, 2.05) is 0 Å². The Labute approximate surface area is 128 Å². The van der Waals surface area contributed by atoms with Crippen molar-refractivity contribution in [1.82, 2.24) is 14.9 Å². The van der Waals surface area contributed by atoms with Crippen molar-refractivity contribution >= 4 is 28.4 Å². The van der Waals surface area contributed by atoms with Gasteiger partial charge in [0.1, 0.15) is 11.9 Å². The van der Waals surface area contributed by atoms with Crippen molar-refractivity contribution in [3.63, 3.8) is 0 Å². The molecule has 1 aromatic rings. The lowest BCUT2D eigenvalue weighted by Gasteiger charge is -2.34. The number of rotatable bonds is 3. The maximum absolute atomic E-state index is 5.97. The number of hydrogen-bond acceptors (Lipinski definition) is 5. The molecule has 0 amide bonds. The van der Waals surface area contributed by atoms with Gasteiger partial charge in [-0.25, -0.2) is 9.97 Å². The standard InChI is InChI=1S/C13H21IN4O/c1-4-9-11(14)12(15)17-13(16-9)10-7-18(8(2)3)5-6-19-10/h8,10H,4-7H2,1-3H3,(H2,15,16,17). The van der Waals surface area contributed by atoms with Gasteiger partial charge >= 0.3 is 0 Å². The van der Waals surface area contributed by atoms with Crippen LogP contribution in [0.3, 0.4) is 0 Å². The van der Waals surface area contributed by atoms with Gasteiger partial charge in [0.25, 0.3) is 0 Å². The molecule has 2 N–H and O–H groups in total. The van der Waals surface area contributed by atoms with Crippen LogP contribution in [0.1, 0.15) is 38.4 Å². The van der Waals surface area contributed by atoms with Crippen LogP contribution in [-0.2, 0) is 11.2 Å². The topological polar surface area (TPSA) is 64.3 Å². The van der Waals surface area contributed by atoms with E-state index in [-0.39, 0.29) is 6.10 Å². The minimum Gasteiger partial charge on any atom is -0.383 e. The highest BCUT2D eigenvalue weighted by Gasteiger charge is 2.26. The van der Waals surface area contributed by atoms with Gasteiger partial charge in [0.15, 0.2) is 5.82 Å². The first-order valence-corrected chi connectivity index (χ1v) is 7.78. The molecule has 0 aliphatic carbocycles. The normalized spacial score (nSPS) is 21.0. The summed E-state index contributed by atoms with van der Waals surface area (Å²) in [6.07, 6.45) is 0.791. The van der Waals surface area contributed by atoms with Gasteiger partial charge in [-0.15, -0.1) is 0 Å². The van der Waals surface area contributed by atoms with Gasteiger partial charge in [-0.1, -0.05) is 6.92 Å². The summed E-state index contributed by atoms with van der Waals surface area (Å²) in [5.41, 5.74) is 6.98. The summed E-state index contributed by atoms with van der Waals surface area (Å²) in [7, 11) is 0. The molecule has 1 unspecified atom stereocenters. The van der Waals surface area contributed by atoms with Gasteiger partial charge in [-0.3, -0.25) is 4.90 Å². The largest absolute Gasteiger partial charge is 0.383 e. The van der Waals surface area contributed by atoms with E-state index in [1.165, 1.54) is 0 Å². The summed E-state index contributed by atoms with van der Waals surface area (Å²) in [6, 6.07) is 0.512. The SMILES string of the molecule is CCc1nc(C2CN(C(C)C)CCO2)nc(N)c1I. The van der Waals surface area contributed by atoms with Crippen molar-refractivity contribution in [2.45, 2.75) is 39.3 Å². The number of morpholine rings is 1. The van der Waals surface area contributed by atoms with E-state index in [0.717, 1.165) is 41.2 Å². The molecule has 2 heterocycles. The molecule has 0 bridgehead atoms. The molecule has 5 nitrogen and oxygen atoms in total. The fourth-order valence-corrected chi connectivity index (χ4v) is 2.83. The lowest BCUT2D eigenvalue weighted by Crippen LogP contribution is -2.42. The Bertz CT molecular complexity index is 453. The minimum atomic E-state index is -0.0688. The molecule has 1 aliphatic rings. The second-order valence-electron chi connectivity index (χ2n) is 5.03. The number of halogens is 1. The van der Waals surface area contributed by atoms with Crippen LogP contribution in [0.5, 0.6) is 0 Å². The van der Waals surface area contributed by atoms with E-state index in [2.05, 4.69) is 58.2 Å². The van der Waals surface area contributed by atoms with E-state index in [4.69, 9.17) is 10.5 Å². The molecule has 1 aliphatic heterocycles. The third-order valence-corrected chi connectivity index (χ3v) is 4.59. The highest BCUT2D eigenvalue weighted by Crippen LogP contribution is 2.24. The first kappa shape index (κ1) is 14.9. The number of anilines is 1. The molecule has 0 aromatic carbocycles. The van der Waals surface area contributed by atoms with Crippen LogP contribution in [0, 0.1) is 3.57 Å². The van der Waals surface area contributed by atoms with Crippen molar-refractivity contribution in [2.75, 3.05) is 25.4 Å². The van der Waals surface area contributed by atoms with Crippen LogP contribution in [0.25, 0.3) is 0 Å². The zero-order chi connectivity index (χ0) is 14.0. The molecule has 1 fully saturated rings. The highest BCUT2D eigenvalue weighted by molar-refractivity contribution is 14.1. The molecule has 0 saturated carbocycles. The Balaban J connectivity index is 2.24. The van der Waals surface area contributed by atoms with Crippen molar-refractivity contribution in [1.29, 1.82) is 0 Å². The van der Waals surface area contributed by atoms with Crippen molar-refractivity contribution < 1.29 is 4.74 Å². The Hall–Kier alpha value is -0.470. The number of nitrogen functional groups attached to an aromatic ring is 1. The number of aromatic nitrogens is 2. The molecule has 19 heavy (non-hydrogen) atoms. The number of nitrogens with two attached hydrogens (primary N) is 1. The van der Waals surface area contributed by atoms with Gasteiger partial charge in [0, 0.05) is 19.1 Å². The van der Waals surface area contributed by atoms with E-state index < -0.39 is 0 Å². The monoisotopic (exact) mass is 376 g/mol. The predicted octanol–water partition coefficient (Wildman–Crippen LogP) is 2.01. The molecule has 1 saturated heterocycles. The predicted molar refractivity (Wildman–Crippen MR) is 83.9 cm³/mol. The molecule has 1 aromatic heterocycles. The average molecular weight is 376 g/mol. The number of ether oxygens (including phenoxy) is 1. The van der Waals surface area contributed by atoms with Gasteiger partial charge < -0.3 is 10.5 Å². The third-order valence-electron chi connectivity index (χ3n) is 3.41. The maximum atomic E-state index is 5.97. The van der Waals surface area contributed by atoms with E-state index in [9.17, 15) is 0 Å². The smallest absolute Gasteiger partial charge is 0.161 e. The minimum absolute atomic E-state index is 0.0688. The summed E-state index contributed by atoms with van der Waals surface area (Å²) in [4.78, 5) is 11.4. The Morgan fingerprint density at radius 1 is 1.47 bits per heavy atom. The maximum Gasteiger partial charge on any atom is 0.161 e. The summed E-state index contributed by atoms with van der Waals surface area (Å²) in [6.45, 7) is 9.00. The average Bonchev–Trinajstić information content (AvgIpc) is 2.41. The van der Waals surface area contributed by atoms with Gasteiger partial charge in [-0.2, -0.15) is 0 Å². The van der Waals surface area contributed by atoms with E-state index >= 15 is 0 Å². The molecule has 106 valence electrons. The van der Waals surface area contributed by atoms with E-state index in [0.29, 0.717) is 11.9 Å². The van der Waals surface area contributed by atoms with Crippen molar-refractivity contribution in [3.8, 4) is 0 Å².